The molecule has 6 nitrogen and oxygen atoms in total. The molecule has 4 rings (SSSR count). The van der Waals surface area contributed by atoms with Crippen LogP contribution in [0.15, 0.2) is 23.0 Å². The molecule has 110 valence electrons. The topological polar surface area (TPSA) is 64.3 Å². The minimum atomic E-state index is 0.240. The molecule has 1 spiro atoms. The first kappa shape index (κ1) is 12.9. The van der Waals surface area contributed by atoms with Crippen molar-refractivity contribution >= 4 is 0 Å². The largest absolute Gasteiger partial charge is 0.378 e. The number of morpholine rings is 1. The van der Waals surface area contributed by atoms with Crippen molar-refractivity contribution < 1.29 is 9.26 Å². The summed E-state index contributed by atoms with van der Waals surface area (Å²) in [5.41, 5.74) is 2.19. The molecule has 3 heterocycles. The van der Waals surface area contributed by atoms with Crippen LogP contribution in [0.2, 0.25) is 0 Å². The molecule has 1 saturated heterocycles. The molecule has 1 aliphatic heterocycles. The second-order valence-corrected chi connectivity index (χ2v) is 5.97. The molecule has 0 unspecified atom stereocenters. The molecule has 2 aromatic rings. The molecule has 6 heteroatoms. The third-order valence-electron chi connectivity index (χ3n) is 4.30. The number of hydrogen-bond donors (Lipinski definition) is 0. The Kier molecular flexibility index (Phi) is 3.01. The molecule has 0 N–H and O–H groups in total. The molecule has 0 amide bonds. The Labute approximate surface area is 123 Å². The summed E-state index contributed by atoms with van der Waals surface area (Å²) in [6, 6.07) is 2.00. The van der Waals surface area contributed by atoms with Crippen molar-refractivity contribution in [3.63, 3.8) is 0 Å². The van der Waals surface area contributed by atoms with Gasteiger partial charge in [0.15, 0.2) is 5.82 Å². The van der Waals surface area contributed by atoms with Crippen molar-refractivity contribution in [3.05, 3.63) is 29.8 Å². The van der Waals surface area contributed by atoms with E-state index in [4.69, 9.17) is 9.26 Å². The van der Waals surface area contributed by atoms with Gasteiger partial charge in [-0.25, -0.2) is 0 Å². The number of rotatable bonds is 3. The van der Waals surface area contributed by atoms with E-state index in [1.807, 2.05) is 19.2 Å². The van der Waals surface area contributed by atoms with Crippen LogP contribution < -0.4 is 0 Å². The molecule has 2 aromatic heterocycles. The van der Waals surface area contributed by atoms with Gasteiger partial charge in [0.05, 0.1) is 25.3 Å². The average Bonchev–Trinajstić information content (AvgIpc) is 3.10. The Hall–Kier alpha value is -1.79. The SMILES string of the molecule is Cc1cncc(-c2nc(CN3CCOCC34CC4)no2)c1. The summed E-state index contributed by atoms with van der Waals surface area (Å²) in [5, 5.41) is 4.11. The van der Waals surface area contributed by atoms with Crippen LogP contribution in [0.4, 0.5) is 0 Å². The predicted octanol–water partition coefficient (Wildman–Crippen LogP) is 1.80. The van der Waals surface area contributed by atoms with E-state index in [0.29, 0.717) is 5.89 Å². The van der Waals surface area contributed by atoms with Crippen LogP contribution >= 0.6 is 0 Å². The quantitative estimate of drug-likeness (QED) is 0.857. The first-order valence-corrected chi connectivity index (χ1v) is 7.33. The van der Waals surface area contributed by atoms with Crippen molar-refractivity contribution in [2.24, 2.45) is 0 Å². The van der Waals surface area contributed by atoms with E-state index in [0.717, 1.165) is 43.3 Å². The highest BCUT2D eigenvalue weighted by molar-refractivity contribution is 5.51. The summed E-state index contributed by atoms with van der Waals surface area (Å²) in [6.07, 6.45) is 5.98. The van der Waals surface area contributed by atoms with Gasteiger partial charge in [-0.2, -0.15) is 4.98 Å². The second kappa shape index (κ2) is 4.89. The lowest BCUT2D eigenvalue weighted by molar-refractivity contribution is -0.0258. The number of aromatic nitrogens is 3. The molecular formula is C15H18N4O2. The number of hydrogen-bond acceptors (Lipinski definition) is 6. The Morgan fingerprint density at radius 3 is 3.05 bits per heavy atom. The smallest absolute Gasteiger partial charge is 0.259 e. The molecule has 0 aromatic carbocycles. The van der Waals surface area contributed by atoms with Crippen LogP contribution in [0, 0.1) is 6.92 Å². The number of ether oxygens (including phenoxy) is 1. The van der Waals surface area contributed by atoms with Gasteiger partial charge in [0.25, 0.3) is 5.89 Å². The zero-order chi connectivity index (χ0) is 14.3. The normalized spacial score (nSPS) is 20.8. The summed E-state index contributed by atoms with van der Waals surface area (Å²) in [5.74, 6) is 1.28. The summed E-state index contributed by atoms with van der Waals surface area (Å²) in [7, 11) is 0. The predicted molar refractivity (Wildman–Crippen MR) is 75.5 cm³/mol. The molecule has 2 aliphatic rings. The Morgan fingerprint density at radius 2 is 2.24 bits per heavy atom. The molecule has 1 aliphatic carbocycles. The van der Waals surface area contributed by atoms with Gasteiger partial charge in [0.1, 0.15) is 0 Å². The number of aryl methyl sites for hydroxylation is 1. The maximum Gasteiger partial charge on any atom is 0.259 e. The molecular weight excluding hydrogens is 268 g/mol. The van der Waals surface area contributed by atoms with E-state index in [1.54, 1.807) is 6.20 Å². The first-order chi connectivity index (χ1) is 10.3. The van der Waals surface area contributed by atoms with Gasteiger partial charge in [0.2, 0.25) is 0 Å². The molecule has 0 radical (unpaired) electrons. The molecule has 2 fully saturated rings. The van der Waals surface area contributed by atoms with Gasteiger partial charge in [0, 0.05) is 24.5 Å². The first-order valence-electron chi connectivity index (χ1n) is 7.33. The van der Waals surface area contributed by atoms with Gasteiger partial charge in [-0.05, 0) is 31.4 Å². The van der Waals surface area contributed by atoms with Crippen molar-refractivity contribution in [2.45, 2.75) is 31.8 Å². The Bertz CT molecular complexity index is 651. The zero-order valence-corrected chi connectivity index (χ0v) is 12.1. The highest BCUT2D eigenvalue weighted by Crippen LogP contribution is 2.44. The fraction of sp³-hybridized carbons (Fsp3) is 0.533. The minimum Gasteiger partial charge on any atom is -0.378 e. The van der Waals surface area contributed by atoms with E-state index in [1.165, 1.54) is 12.8 Å². The van der Waals surface area contributed by atoms with Crippen molar-refractivity contribution in [1.82, 2.24) is 20.0 Å². The van der Waals surface area contributed by atoms with Crippen LogP contribution in [-0.4, -0.2) is 45.3 Å². The van der Waals surface area contributed by atoms with Crippen molar-refractivity contribution in [1.29, 1.82) is 0 Å². The van der Waals surface area contributed by atoms with Crippen LogP contribution in [0.25, 0.3) is 11.5 Å². The lowest BCUT2D eigenvalue weighted by Crippen LogP contribution is -2.47. The van der Waals surface area contributed by atoms with Crippen LogP contribution in [0.3, 0.4) is 0 Å². The summed E-state index contributed by atoms with van der Waals surface area (Å²) in [4.78, 5) is 11.1. The zero-order valence-electron chi connectivity index (χ0n) is 12.1. The molecule has 21 heavy (non-hydrogen) atoms. The molecule has 0 bridgehead atoms. The van der Waals surface area contributed by atoms with Crippen LogP contribution in [0.1, 0.15) is 24.2 Å². The molecule has 1 saturated carbocycles. The fourth-order valence-corrected chi connectivity index (χ4v) is 2.90. The van der Waals surface area contributed by atoms with Crippen LogP contribution in [0.5, 0.6) is 0 Å². The third kappa shape index (κ3) is 2.45. The van der Waals surface area contributed by atoms with Crippen molar-refractivity contribution in [3.8, 4) is 11.5 Å². The standard InChI is InChI=1S/C15H18N4O2/c1-11-6-12(8-16-7-11)14-17-13(18-21-14)9-19-4-5-20-10-15(19)2-3-15/h6-8H,2-5,9-10H2,1H3. The maximum atomic E-state index is 5.59. The summed E-state index contributed by atoms with van der Waals surface area (Å²) >= 11 is 0. The van der Waals surface area contributed by atoms with Gasteiger partial charge in [-0.15, -0.1) is 0 Å². The Morgan fingerprint density at radius 1 is 1.33 bits per heavy atom. The number of pyridine rings is 1. The van der Waals surface area contributed by atoms with Crippen molar-refractivity contribution in [2.75, 3.05) is 19.8 Å². The van der Waals surface area contributed by atoms with Crippen LogP contribution in [-0.2, 0) is 11.3 Å². The third-order valence-corrected chi connectivity index (χ3v) is 4.30. The van der Waals surface area contributed by atoms with Gasteiger partial charge in [-0.1, -0.05) is 5.16 Å². The maximum absolute atomic E-state index is 5.59. The fourth-order valence-electron chi connectivity index (χ4n) is 2.90. The van der Waals surface area contributed by atoms with Gasteiger partial charge in [-0.3, -0.25) is 9.88 Å². The summed E-state index contributed by atoms with van der Waals surface area (Å²) in [6.45, 7) is 5.29. The number of nitrogens with zero attached hydrogens (tertiary/aromatic N) is 4. The van der Waals surface area contributed by atoms with E-state index in [9.17, 15) is 0 Å². The summed E-state index contributed by atoms with van der Waals surface area (Å²) < 4.78 is 11.0. The monoisotopic (exact) mass is 286 g/mol. The van der Waals surface area contributed by atoms with E-state index in [-0.39, 0.29) is 5.54 Å². The van der Waals surface area contributed by atoms with E-state index >= 15 is 0 Å². The second-order valence-electron chi connectivity index (χ2n) is 5.97. The minimum absolute atomic E-state index is 0.240. The highest BCUT2D eigenvalue weighted by atomic mass is 16.5. The van der Waals surface area contributed by atoms with Gasteiger partial charge >= 0.3 is 0 Å². The van der Waals surface area contributed by atoms with Gasteiger partial charge < -0.3 is 9.26 Å². The van der Waals surface area contributed by atoms with E-state index < -0.39 is 0 Å². The van der Waals surface area contributed by atoms with E-state index in [2.05, 4.69) is 20.0 Å². The lowest BCUT2D eigenvalue weighted by Gasteiger charge is -2.35. The average molecular weight is 286 g/mol. The lowest BCUT2D eigenvalue weighted by atomic mass is 10.2. The molecule has 0 atom stereocenters. The Balaban J connectivity index is 1.52. The highest BCUT2D eigenvalue weighted by Gasteiger charge is 2.50.